The van der Waals surface area contributed by atoms with Crippen LogP contribution in [0.1, 0.15) is 76.3 Å². The monoisotopic (exact) mass is 315 g/mol. The van der Waals surface area contributed by atoms with Crippen LogP contribution in [0.5, 0.6) is 0 Å². The van der Waals surface area contributed by atoms with Gasteiger partial charge in [-0.05, 0) is 56.8 Å². The summed E-state index contributed by atoms with van der Waals surface area (Å²) in [4.78, 5) is 10.0. The molecule has 3 nitrogen and oxygen atoms in total. The van der Waals surface area contributed by atoms with Crippen molar-refractivity contribution < 1.29 is 0 Å². The van der Waals surface area contributed by atoms with E-state index in [0.717, 1.165) is 0 Å². The molecule has 2 fully saturated rings. The zero-order valence-electron chi connectivity index (χ0n) is 14.8. The lowest BCUT2D eigenvalue weighted by Gasteiger charge is -2.36. The molecule has 0 radical (unpaired) electrons. The topological polar surface area (TPSA) is 19.4 Å². The quantitative estimate of drug-likeness (QED) is 0.779. The molecule has 3 heterocycles. The largest absolute Gasteiger partial charge is 0.357 e. The molecule has 128 valence electrons. The van der Waals surface area contributed by atoms with Gasteiger partial charge in [0, 0.05) is 25.3 Å². The van der Waals surface area contributed by atoms with Crippen LogP contribution >= 0.6 is 0 Å². The minimum Gasteiger partial charge on any atom is -0.357 e. The Balaban J connectivity index is 1.67. The van der Waals surface area contributed by atoms with E-state index in [1.807, 2.05) is 0 Å². The lowest BCUT2D eigenvalue weighted by molar-refractivity contribution is 0.146. The maximum absolute atomic E-state index is 4.83. The van der Waals surface area contributed by atoms with Gasteiger partial charge in [0.2, 0.25) is 0 Å². The minimum atomic E-state index is 0.598. The SMILES string of the molecule is CCCCN1CCCCC1c1ccc(N2CCCCCC2)nc1. The number of piperidine rings is 1. The number of hydrogen-bond donors (Lipinski definition) is 0. The van der Waals surface area contributed by atoms with Gasteiger partial charge in [-0.2, -0.15) is 0 Å². The van der Waals surface area contributed by atoms with Gasteiger partial charge in [-0.3, -0.25) is 4.90 Å². The number of rotatable bonds is 5. The van der Waals surface area contributed by atoms with Gasteiger partial charge in [-0.15, -0.1) is 0 Å². The normalized spacial score (nSPS) is 23.7. The van der Waals surface area contributed by atoms with Crippen molar-refractivity contribution in [1.82, 2.24) is 9.88 Å². The molecular weight excluding hydrogens is 282 g/mol. The molecule has 0 bridgehead atoms. The second-order valence-corrected chi connectivity index (χ2v) is 7.25. The Morgan fingerprint density at radius 3 is 2.48 bits per heavy atom. The summed E-state index contributed by atoms with van der Waals surface area (Å²) in [7, 11) is 0. The van der Waals surface area contributed by atoms with Crippen LogP contribution < -0.4 is 4.90 Å². The van der Waals surface area contributed by atoms with E-state index in [4.69, 9.17) is 4.98 Å². The molecule has 2 saturated heterocycles. The Kier molecular flexibility index (Phi) is 6.32. The van der Waals surface area contributed by atoms with Crippen molar-refractivity contribution in [2.24, 2.45) is 0 Å². The summed E-state index contributed by atoms with van der Waals surface area (Å²) in [5.41, 5.74) is 1.43. The summed E-state index contributed by atoms with van der Waals surface area (Å²) in [5.74, 6) is 1.19. The van der Waals surface area contributed by atoms with Crippen molar-refractivity contribution in [1.29, 1.82) is 0 Å². The molecule has 2 aliphatic heterocycles. The molecule has 0 aromatic carbocycles. The highest BCUT2D eigenvalue weighted by Crippen LogP contribution is 2.31. The highest BCUT2D eigenvalue weighted by Gasteiger charge is 2.23. The molecule has 1 aromatic heterocycles. The van der Waals surface area contributed by atoms with Gasteiger partial charge in [0.15, 0.2) is 0 Å². The molecule has 3 rings (SSSR count). The number of aromatic nitrogens is 1. The predicted molar refractivity (Wildman–Crippen MR) is 98.0 cm³/mol. The predicted octanol–water partition coefficient (Wildman–Crippen LogP) is 4.79. The molecule has 1 atom stereocenters. The molecule has 1 unspecified atom stereocenters. The lowest BCUT2D eigenvalue weighted by Crippen LogP contribution is -2.34. The molecule has 23 heavy (non-hydrogen) atoms. The van der Waals surface area contributed by atoms with Crippen LogP contribution in [0, 0.1) is 0 Å². The maximum atomic E-state index is 4.83. The van der Waals surface area contributed by atoms with E-state index in [9.17, 15) is 0 Å². The second kappa shape index (κ2) is 8.68. The molecular formula is C20H33N3. The smallest absolute Gasteiger partial charge is 0.128 e. The zero-order chi connectivity index (χ0) is 15.9. The third-order valence-corrected chi connectivity index (χ3v) is 5.50. The fourth-order valence-corrected chi connectivity index (χ4v) is 4.08. The van der Waals surface area contributed by atoms with Crippen molar-refractivity contribution in [3.8, 4) is 0 Å². The number of hydrogen-bond acceptors (Lipinski definition) is 3. The van der Waals surface area contributed by atoms with E-state index in [1.54, 1.807) is 0 Å². The van der Waals surface area contributed by atoms with Crippen LogP contribution in [0.4, 0.5) is 5.82 Å². The number of unbranched alkanes of at least 4 members (excludes halogenated alkanes) is 1. The van der Waals surface area contributed by atoms with E-state index in [2.05, 4.69) is 35.1 Å². The average molecular weight is 316 g/mol. The van der Waals surface area contributed by atoms with Gasteiger partial charge in [-0.1, -0.05) is 38.7 Å². The van der Waals surface area contributed by atoms with Crippen molar-refractivity contribution in [3.63, 3.8) is 0 Å². The van der Waals surface area contributed by atoms with Gasteiger partial charge in [-0.25, -0.2) is 4.98 Å². The van der Waals surface area contributed by atoms with Crippen LogP contribution in [0.15, 0.2) is 18.3 Å². The van der Waals surface area contributed by atoms with Crippen molar-refractivity contribution in [2.45, 2.75) is 70.8 Å². The number of likely N-dealkylation sites (tertiary alicyclic amines) is 1. The highest BCUT2D eigenvalue weighted by atomic mass is 15.2. The maximum Gasteiger partial charge on any atom is 0.128 e. The van der Waals surface area contributed by atoms with Crippen molar-refractivity contribution >= 4 is 5.82 Å². The number of pyridine rings is 1. The third-order valence-electron chi connectivity index (χ3n) is 5.50. The summed E-state index contributed by atoms with van der Waals surface area (Å²) < 4.78 is 0. The Morgan fingerprint density at radius 2 is 1.78 bits per heavy atom. The first-order valence-electron chi connectivity index (χ1n) is 9.83. The Morgan fingerprint density at radius 1 is 1.00 bits per heavy atom. The van der Waals surface area contributed by atoms with Gasteiger partial charge >= 0.3 is 0 Å². The fraction of sp³-hybridized carbons (Fsp3) is 0.750. The van der Waals surface area contributed by atoms with E-state index >= 15 is 0 Å². The average Bonchev–Trinajstić information content (AvgIpc) is 2.90. The standard InChI is InChI=1S/C20H33N3/c1-2-3-13-22-14-9-6-10-19(22)18-11-12-20(21-17-18)23-15-7-4-5-8-16-23/h11-12,17,19H,2-10,13-16H2,1H3. The van der Waals surface area contributed by atoms with Crippen LogP contribution in [0.2, 0.25) is 0 Å². The Hall–Kier alpha value is -1.09. The first kappa shape index (κ1) is 16.8. The molecule has 0 amide bonds. The van der Waals surface area contributed by atoms with Crippen molar-refractivity contribution in [2.75, 3.05) is 31.1 Å². The van der Waals surface area contributed by atoms with Crippen molar-refractivity contribution in [3.05, 3.63) is 23.9 Å². The molecule has 0 spiro atoms. The van der Waals surface area contributed by atoms with Crippen LogP contribution in [-0.4, -0.2) is 36.1 Å². The van der Waals surface area contributed by atoms with Crippen LogP contribution in [0.3, 0.4) is 0 Å². The summed E-state index contributed by atoms with van der Waals surface area (Å²) in [6.07, 6.45) is 14.2. The number of anilines is 1. The molecule has 3 heteroatoms. The minimum absolute atomic E-state index is 0.598. The molecule has 0 saturated carbocycles. The summed E-state index contributed by atoms with van der Waals surface area (Å²) in [5, 5.41) is 0. The molecule has 2 aliphatic rings. The van der Waals surface area contributed by atoms with E-state index in [0.29, 0.717) is 6.04 Å². The summed E-state index contributed by atoms with van der Waals surface area (Å²) >= 11 is 0. The highest BCUT2D eigenvalue weighted by molar-refractivity contribution is 5.40. The first-order chi connectivity index (χ1) is 11.4. The van der Waals surface area contributed by atoms with Crippen LogP contribution in [0.25, 0.3) is 0 Å². The van der Waals surface area contributed by atoms with Gasteiger partial charge < -0.3 is 4.90 Å². The van der Waals surface area contributed by atoms with Gasteiger partial charge in [0.25, 0.3) is 0 Å². The van der Waals surface area contributed by atoms with Crippen LogP contribution in [-0.2, 0) is 0 Å². The summed E-state index contributed by atoms with van der Waals surface area (Å²) in [6, 6.07) is 5.22. The lowest BCUT2D eigenvalue weighted by atomic mass is 9.96. The van der Waals surface area contributed by atoms with E-state index < -0.39 is 0 Å². The molecule has 0 aliphatic carbocycles. The third kappa shape index (κ3) is 4.47. The number of nitrogens with zero attached hydrogens (tertiary/aromatic N) is 3. The first-order valence-corrected chi connectivity index (χ1v) is 9.83. The Labute approximate surface area is 142 Å². The van der Waals surface area contributed by atoms with Gasteiger partial charge in [0.05, 0.1) is 0 Å². The Bertz CT molecular complexity index is 448. The summed E-state index contributed by atoms with van der Waals surface area (Å²) in [6.45, 7) is 7.15. The van der Waals surface area contributed by atoms with E-state index in [-0.39, 0.29) is 0 Å². The molecule has 1 aromatic rings. The second-order valence-electron chi connectivity index (χ2n) is 7.25. The zero-order valence-corrected chi connectivity index (χ0v) is 14.8. The van der Waals surface area contributed by atoms with E-state index in [1.165, 1.54) is 95.3 Å². The fourth-order valence-electron chi connectivity index (χ4n) is 4.08. The van der Waals surface area contributed by atoms with Gasteiger partial charge in [0.1, 0.15) is 5.82 Å². The molecule has 0 N–H and O–H groups in total.